The number of carboxylic acids is 1. The number of fused-ring (bicyclic) bond motifs is 3. The van der Waals surface area contributed by atoms with Crippen LogP contribution >= 0.6 is 0 Å². The molecular weight excluding hydrogens is 463 g/mol. The fraction of sp³-hybridized carbons (Fsp3) is 0.240. The minimum atomic E-state index is -4.72. The fourth-order valence-electron chi connectivity index (χ4n) is 4.38. The molecule has 1 unspecified atom stereocenters. The zero-order valence-electron chi connectivity index (χ0n) is 18.3. The number of halogens is 3. The Morgan fingerprint density at radius 2 is 1.74 bits per heavy atom. The summed E-state index contributed by atoms with van der Waals surface area (Å²) in [4.78, 5) is 11.0. The Labute approximate surface area is 197 Å². The van der Waals surface area contributed by atoms with Crippen molar-refractivity contribution in [2.75, 3.05) is 0 Å². The number of carbonyl (C=O) groups is 1. The zero-order valence-corrected chi connectivity index (χ0v) is 18.3. The van der Waals surface area contributed by atoms with Crippen molar-refractivity contribution in [3.05, 3.63) is 70.8 Å². The summed E-state index contributed by atoms with van der Waals surface area (Å²) >= 11 is 0. The van der Waals surface area contributed by atoms with Crippen LogP contribution in [-0.4, -0.2) is 27.4 Å². The number of hydrogen-bond acceptors (Lipinski definition) is 6. The van der Waals surface area contributed by atoms with E-state index < -0.39 is 29.4 Å². The Bertz CT molecular complexity index is 1390. The Hall–Kier alpha value is -3.92. The van der Waals surface area contributed by atoms with E-state index in [0.29, 0.717) is 36.9 Å². The van der Waals surface area contributed by atoms with Gasteiger partial charge >= 0.3 is 12.1 Å². The highest BCUT2D eigenvalue weighted by Crippen LogP contribution is 2.46. The van der Waals surface area contributed by atoms with Gasteiger partial charge in [-0.25, -0.2) is 0 Å². The topological polar surface area (TPSA) is 115 Å². The number of aliphatic carboxylic acids is 1. The maximum Gasteiger partial charge on any atom is 0.422 e. The summed E-state index contributed by atoms with van der Waals surface area (Å²) in [5.41, 5.74) is 8.07. The maximum absolute atomic E-state index is 14.1. The van der Waals surface area contributed by atoms with E-state index in [1.54, 1.807) is 18.2 Å². The average molecular weight is 483 g/mol. The third kappa shape index (κ3) is 4.21. The number of rotatable bonds is 6. The standard InChI is InChI=1S/C25H20F3N3O4/c26-25(27,28)19-21(31-34-22(19)14-4-2-1-3-5-14)23-17-10-8-15-12-13(7-11-18(29)24(32)33)6-9-16(15)20(17)30-35-23/h1-6,9,12,18H,7-8,10-11,29H2,(H,32,33). The first kappa shape index (κ1) is 22.9. The summed E-state index contributed by atoms with van der Waals surface area (Å²) in [5, 5.41) is 16.8. The van der Waals surface area contributed by atoms with Crippen molar-refractivity contribution in [2.45, 2.75) is 37.9 Å². The summed E-state index contributed by atoms with van der Waals surface area (Å²) < 4.78 is 52.9. The molecule has 1 atom stereocenters. The van der Waals surface area contributed by atoms with Gasteiger partial charge in [-0.05, 0) is 36.8 Å². The van der Waals surface area contributed by atoms with Crippen LogP contribution in [0.1, 0.15) is 28.7 Å². The van der Waals surface area contributed by atoms with Crippen LogP contribution in [0.2, 0.25) is 0 Å². The molecule has 10 heteroatoms. The smallest absolute Gasteiger partial charge is 0.422 e. The van der Waals surface area contributed by atoms with Crippen molar-refractivity contribution in [1.82, 2.24) is 10.3 Å². The summed E-state index contributed by atoms with van der Waals surface area (Å²) in [6.45, 7) is 0. The van der Waals surface area contributed by atoms with Gasteiger partial charge in [0, 0.05) is 16.7 Å². The van der Waals surface area contributed by atoms with Crippen LogP contribution in [0.15, 0.2) is 57.6 Å². The first-order chi connectivity index (χ1) is 16.7. The molecule has 3 N–H and O–H groups in total. The largest absolute Gasteiger partial charge is 0.480 e. The quantitative estimate of drug-likeness (QED) is 0.391. The van der Waals surface area contributed by atoms with E-state index in [-0.39, 0.29) is 17.1 Å². The molecule has 0 saturated heterocycles. The zero-order chi connectivity index (χ0) is 24.7. The van der Waals surface area contributed by atoms with Gasteiger partial charge in [-0.15, -0.1) is 0 Å². The molecule has 4 aromatic rings. The van der Waals surface area contributed by atoms with E-state index in [4.69, 9.17) is 19.9 Å². The van der Waals surface area contributed by atoms with E-state index in [1.165, 1.54) is 12.1 Å². The van der Waals surface area contributed by atoms with Gasteiger partial charge in [0.25, 0.3) is 0 Å². The molecule has 2 aromatic heterocycles. The lowest BCUT2D eigenvalue weighted by Gasteiger charge is -2.17. The van der Waals surface area contributed by atoms with Gasteiger partial charge in [-0.1, -0.05) is 58.8 Å². The van der Waals surface area contributed by atoms with Gasteiger partial charge in [0.05, 0.1) is 0 Å². The second-order valence-corrected chi connectivity index (χ2v) is 8.41. The predicted octanol–water partition coefficient (Wildman–Crippen LogP) is 5.13. The highest BCUT2D eigenvalue weighted by molar-refractivity contribution is 5.79. The first-order valence-electron chi connectivity index (χ1n) is 11.0. The molecule has 0 fully saturated rings. The third-order valence-corrected chi connectivity index (χ3v) is 6.15. The summed E-state index contributed by atoms with van der Waals surface area (Å²) in [6.07, 6.45) is -2.97. The minimum Gasteiger partial charge on any atom is -0.480 e. The van der Waals surface area contributed by atoms with Crippen LogP contribution in [0.25, 0.3) is 34.0 Å². The van der Waals surface area contributed by atoms with E-state index in [2.05, 4.69) is 10.3 Å². The lowest BCUT2D eigenvalue weighted by atomic mass is 9.86. The van der Waals surface area contributed by atoms with E-state index in [0.717, 1.165) is 16.7 Å². The number of aryl methyl sites for hydroxylation is 2. The first-order valence-corrected chi connectivity index (χ1v) is 11.0. The van der Waals surface area contributed by atoms with Gasteiger partial charge in [0.15, 0.2) is 17.2 Å². The molecule has 1 aliphatic rings. The highest BCUT2D eigenvalue weighted by Gasteiger charge is 2.43. The molecule has 2 aromatic carbocycles. The molecular formula is C25H20F3N3O4. The molecule has 0 saturated carbocycles. The van der Waals surface area contributed by atoms with Crippen molar-refractivity contribution >= 4 is 5.97 Å². The number of aromatic nitrogens is 2. The van der Waals surface area contributed by atoms with Gasteiger partial charge in [-0.3, -0.25) is 4.79 Å². The molecule has 0 aliphatic heterocycles. The number of carboxylic acid groups (broad SMARTS) is 1. The molecule has 0 spiro atoms. The number of hydrogen-bond donors (Lipinski definition) is 2. The summed E-state index contributed by atoms with van der Waals surface area (Å²) in [5.74, 6) is -1.48. The second-order valence-electron chi connectivity index (χ2n) is 8.41. The normalized spacial score (nSPS) is 13.8. The molecule has 7 nitrogen and oxygen atoms in total. The third-order valence-electron chi connectivity index (χ3n) is 6.15. The molecule has 0 radical (unpaired) electrons. The van der Waals surface area contributed by atoms with Crippen molar-refractivity contribution in [3.8, 4) is 34.0 Å². The Kier molecular flexibility index (Phi) is 5.68. The van der Waals surface area contributed by atoms with Crippen LogP contribution in [0, 0.1) is 0 Å². The number of nitrogens with two attached hydrogens (primary N) is 1. The molecule has 35 heavy (non-hydrogen) atoms. The van der Waals surface area contributed by atoms with Crippen LogP contribution in [0.3, 0.4) is 0 Å². The number of benzene rings is 2. The van der Waals surface area contributed by atoms with Crippen LogP contribution in [0.4, 0.5) is 13.2 Å². The van der Waals surface area contributed by atoms with E-state index in [9.17, 15) is 18.0 Å². The minimum absolute atomic E-state index is 0.0552. The van der Waals surface area contributed by atoms with Crippen molar-refractivity contribution in [1.29, 1.82) is 0 Å². The lowest BCUT2D eigenvalue weighted by Crippen LogP contribution is -2.30. The fourth-order valence-corrected chi connectivity index (χ4v) is 4.38. The van der Waals surface area contributed by atoms with Crippen LogP contribution < -0.4 is 5.73 Å². The number of nitrogens with zero attached hydrogens (tertiary/aromatic N) is 2. The molecule has 2 heterocycles. The van der Waals surface area contributed by atoms with Gasteiger partial charge in [0.1, 0.15) is 17.3 Å². The average Bonchev–Trinajstić information content (AvgIpc) is 3.47. The monoisotopic (exact) mass is 483 g/mol. The maximum atomic E-state index is 14.1. The highest BCUT2D eigenvalue weighted by atomic mass is 19.4. The second kappa shape index (κ2) is 8.70. The van der Waals surface area contributed by atoms with Crippen molar-refractivity contribution in [3.63, 3.8) is 0 Å². The molecule has 0 bridgehead atoms. The van der Waals surface area contributed by atoms with Crippen molar-refractivity contribution in [2.24, 2.45) is 5.73 Å². The molecule has 180 valence electrons. The summed E-state index contributed by atoms with van der Waals surface area (Å²) in [6, 6.07) is 12.6. The number of alkyl halides is 3. The van der Waals surface area contributed by atoms with Gasteiger partial charge in [-0.2, -0.15) is 13.2 Å². The Morgan fingerprint density at radius 1 is 1.03 bits per heavy atom. The molecule has 0 amide bonds. The van der Waals surface area contributed by atoms with Crippen LogP contribution in [-0.2, 0) is 30.2 Å². The Balaban J connectivity index is 1.51. The molecule has 1 aliphatic carbocycles. The van der Waals surface area contributed by atoms with Crippen LogP contribution in [0.5, 0.6) is 0 Å². The van der Waals surface area contributed by atoms with Crippen molar-refractivity contribution < 1.29 is 32.1 Å². The van der Waals surface area contributed by atoms with Gasteiger partial charge < -0.3 is 19.9 Å². The van der Waals surface area contributed by atoms with E-state index >= 15 is 0 Å². The SMILES string of the molecule is NC(CCc1ccc2c(c1)CCc1c-2noc1-c1noc(-c2ccccc2)c1C(F)(F)F)C(=O)O. The summed E-state index contributed by atoms with van der Waals surface area (Å²) in [7, 11) is 0. The molecule has 5 rings (SSSR count). The van der Waals surface area contributed by atoms with E-state index in [1.807, 2.05) is 18.2 Å². The lowest BCUT2D eigenvalue weighted by molar-refractivity contribution is -0.139. The predicted molar refractivity (Wildman–Crippen MR) is 119 cm³/mol. The Morgan fingerprint density at radius 3 is 2.46 bits per heavy atom. The van der Waals surface area contributed by atoms with Gasteiger partial charge in [0.2, 0.25) is 0 Å².